The van der Waals surface area contributed by atoms with Gasteiger partial charge in [0.2, 0.25) is 0 Å². The van der Waals surface area contributed by atoms with Gasteiger partial charge in [-0.1, -0.05) is 6.92 Å². The van der Waals surface area contributed by atoms with Crippen LogP contribution in [0.2, 0.25) is 0 Å². The Morgan fingerprint density at radius 2 is 2.15 bits per heavy atom. The second-order valence-corrected chi connectivity index (χ2v) is 3.99. The van der Waals surface area contributed by atoms with E-state index in [1.807, 2.05) is 6.92 Å². The van der Waals surface area contributed by atoms with Crippen LogP contribution in [0.1, 0.15) is 39.0 Å². The van der Waals surface area contributed by atoms with Crippen molar-refractivity contribution < 1.29 is 4.74 Å². The number of nitrogens with two attached hydrogens (primary N) is 1. The third-order valence-corrected chi connectivity index (χ3v) is 3.05. The molecule has 2 aliphatic heterocycles. The second kappa shape index (κ2) is 3.66. The molecule has 74 valence electrons. The van der Waals surface area contributed by atoms with Gasteiger partial charge < -0.3 is 10.5 Å². The SMILES string of the molecule is CCC(N)=NC1CCC2CCC1O2. The predicted octanol–water partition coefficient (Wildman–Crippen LogP) is 1.46. The number of amidine groups is 1. The summed E-state index contributed by atoms with van der Waals surface area (Å²) in [5.74, 6) is 0.777. The average molecular weight is 182 g/mol. The van der Waals surface area contributed by atoms with Crippen molar-refractivity contribution in [1.82, 2.24) is 0 Å². The van der Waals surface area contributed by atoms with Crippen molar-refractivity contribution in [3.05, 3.63) is 0 Å². The van der Waals surface area contributed by atoms with E-state index in [1.165, 1.54) is 19.3 Å². The van der Waals surface area contributed by atoms with Gasteiger partial charge >= 0.3 is 0 Å². The molecule has 0 aromatic rings. The molecule has 2 aliphatic rings. The lowest BCUT2D eigenvalue weighted by atomic mass is 10.0. The fourth-order valence-corrected chi connectivity index (χ4v) is 2.22. The van der Waals surface area contributed by atoms with Crippen molar-refractivity contribution in [2.45, 2.75) is 57.3 Å². The number of fused-ring (bicyclic) bond motifs is 2. The molecule has 0 amide bonds. The lowest BCUT2D eigenvalue weighted by molar-refractivity contribution is -0.00637. The molecule has 3 atom stereocenters. The highest BCUT2D eigenvalue weighted by Crippen LogP contribution is 2.34. The van der Waals surface area contributed by atoms with E-state index in [0.29, 0.717) is 18.2 Å². The van der Waals surface area contributed by atoms with E-state index in [0.717, 1.165) is 18.7 Å². The first-order valence-corrected chi connectivity index (χ1v) is 5.27. The molecule has 2 fully saturated rings. The Kier molecular flexibility index (Phi) is 2.54. The second-order valence-electron chi connectivity index (χ2n) is 3.99. The highest BCUT2D eigenvalue weighted by atomic mass is 16.5. The van der Waals surface area contributed by atoms with Crippen LogP contribution in [0.5, 0.6) is 0 Å². The van der Waals surface area contributed by atoms with E-state index >= 15 is 0 Å². The van der Waals surface area contributed by atoms with Crippen molar-refractivity contribution >= 4 is 5.84 Å². The van der Waals surface area contributed by atoms with Gasteiger partial charge in [0.05, 0.1) is 24.1 Å². The van der Waals surface area contributed by atoms with Crippen LogP contribution >= 0.6 is 0 Å². The third kappa shape index (κ3) is 1.85. The molecule has 0 spiro atoms. The minimum atomic E-state index is 0.346. The normalized spacial score (nSPS) is 39.5. The summed E-state index contributed by atoms with van der Waals surface area (Å²) in [6.45, 7) is 2.04. The van der Waals surface area contributed by atoms with Gasteiger partial charge in [-0.2, -0.15) is 0 Å². The molecular weight excluding hydrogens is 164 g/mol. The van der Waals surface area contributed by atoms with E-state index in [9.17, 15) is 0 Å². The van der Waals surface area contributed by atoms with E-state index in [4.69, 9.17) is 10.5 Å². The van der Waals surface area contributed by atoms with Crippen molar-refractivity contribution in [3.63, 3.8) is 0 Å². The van der Waals surface area contributed by atoms with Crippen LogP contribution in [0.4, 0.5) is 0 Å². The fourth-order valence-electron chi connectivity index (χ4n) is 2.22. The molecule has 0 radical (unpaired) electrons. The highest BCUT2D eigenvalue weighted by molar-refractivity contribution is 5.80. The zero-order valence-corrected chi connectivity index (χ0v) is 8.20. The lowest BCUT2D eigenvalue weighted by Gasteiger charge is -2.26. The Labute approximate surface area is 79.4 Å². The minimum absolute atomic E-state index is 0.346. The summed E-state index contributed by atoms with van der Waals surface area (Å²) in [5.41, 5.74) is 5.73. The molecule has 3 nitrogen and oxygen atoms in total. The van der Waals surface area contributed by atoms with Crippen LogP contribution in [0.25, 0.3) is 0 Å². The molecule has 2 rings (SSSR count). The Bertz CT molecular complexity index is 215. The van der Waals surface area contributed by atoms with Gasteiger partial charge in [-0.05, 0) is 25.7 Å². The summed E-state index contributed by atoms with van der Waals surface area (Å²) in [6, 6.07) is 0.346. The molecule has 3 heteroatoms. The smallest absolute Gasteiger partial charge is 0.0938 e. The first kappa shape index (κ1) is 9.00. The molecule has 0 aromatic heterocycles. The molecule has 2 bridgehead atoms. The Hall–Kier alpha value is -0.570. The van der Waals surface area contributed by atoms with Crippen LogP contribution in [0, 0.1) is 0 Å². The van der Waals surface area contributed by atoms with Crippen molar-refractivity contribution in [2.75, 3.05) is 0 Å². The zero-order valence-electron chi connectivity index (χ0n) is 8.20. The Balaban J connectivity index is 1.99. The topological polar surface area (TPSA) is 47.6 Å². The molecule has 13 heavy (non-hydrogen) atoms. The fraction of sp³-hybridized carbons (Fsp3) is 0.900. The van der Waals surface area contributed by atoms with E-state index < -0.39 is 0 Å². The molecule has 0 aromatic carbocycles. The van der Waals surface area contributed by atoms with Gasteiger partial charge in [0.15, 0.2) is 0 Å². The van der Waals surface area contributed by atoms with E-state index in [2.05, 4.69) is 4.99 Å². The van der Waals surface area contributed by atoms with E-state index in [1.54, 1.807) is 0 Å². The number of aliphatic imine (C=N–C) groups is 1. The maximum absolute atomic E-state index is 5.79. The largest absolute Gasteiger partial charge is 0.387 e. The molecule has 2 saturated heterocycles. The summed E-state index contributed by atoms with van der Waals surface area (Å²) in [6.07, 6.45) is 6.48. The number of ether oxygens (including phenoxy) is 1. The minimum Gasteiger partial charge on any atom is -0.387 e. The van der Waals surface area contributed by atoms with Crippen LogP contribution < -0.4 is 5.73 Å². The van der Waals surface area contributed by atoms with Crippen LogP contribution in [0.15, 0.2) is 4.99 Å². The lowest BCUT2D eigenvalue weighted by Crippen LogP contribution is -2.32. The Morgan fingerprint density at radius 3 is 2.92 bits per heavy atom. The molecule has 0 aliphatic carbocycles. The first-order chi connectivity index (χ1) is 6.29. The first-order valence-electron chi connectivity index (χ1n) is 5.27. The average Bonchev–Trinajstić information content (AvgIpc) is 2.54. The maximum Gasteiger partial charge on any atom is 0.0938 e. The molecular formula is C10H18N2O. The van der Waals surface area contributed by atoms with Gasteiger partial charge in [-0.25, -0.2) is 0 Å². The molecule has 2 N–H and O–H groups in total. The highest BCUT2D eigenvalue weighted by Gasteiger charge is 2.36. The van der Waals surface area contributed by atoms with Crippen LogP contribution in [0.3, 0.4) is 0 Å². The van der Waals surface area contributed by atoms with E-state index in [-0.39, 0.29) is 0 Å². The van der Waals surface area contributed by atoms with Gasteiger partial charge in [0.25, 0.3) is 0 Å². The molecule has 0 saturated carbocycles. The van der Waals surface area contributed by atoms with Crippen LogP contribution in [-0.4, -0.2) is 24.1 Å². The monoisotopic (exact) mass is 182 g/mol. The quantitative estimate of drug-likeness (QED) is 0.519. The number of rotatable bonds is 2. The summed E-state index contributed by atoms with van der Waals surface area (Å²) in [5, 5.41) is 0. The summed E-state index contributed by atoms with van der Waals surface area (Å²) in [7, 11) is 0. The summed E-state index contributed by atoms with van der Waals surface area (Å²) >= 11 is 0. The van der Waals surface area contributed by atoms with Crippen molar-refractivity contribution in [2.24, 2.45) is 10.7 Å². The van der Waals surface area contributed by atoms with Crippen LogP contribution in [-0.2, 0) is 4.74 Å². The number of hydrogen-bond acceptors (Lipinski definition) is 2. The molecule has 3 unspecified atom stereocenters. The third-order valence-electron chi connectivity index (χ3n) is 3.05. The summed E-state index contributed by atoms with van der Waals surface area (Å²) < 4.78 is 5.79. The van der Waals surface area contributed by atoms with Gasteiger partial charge in [0, 0.05) is 6.42 Å². The molecule has 2 heterocycles. The maximum atomic E-state index is 5.79. The zero-order chi connectivity index (χ0) is 9.26. The van der Waals surface area contributed by atoms with Crippen molar-refractivity contribution in [3.8, 4) is 0 Å². The number of nitrogens with zero attached hydrogens (tertiary/aromatic N) is 1. The van der Waals surface area contributed by atoms with Gasteiger partial charge in [-0.15, -0.1) is 0 Å². The van der Waals surface area contributed by atoms with Gasteiger partial charge in [-0.3, -0.25) is 4.99 Å². The Morgan fingerprint density at radius 1 is 1.38 bits per heavy atom. The summed E-state index contributed by atoms with van der Waals surface area (Å²) in [4.78, 5) is 4.50. The number of hydrogen-bond donors (Lipinski definition) is 1. The van der Waals surface area contributed by atoms with Crippen molar-refractivity contribution in [1.29, 1.82) is 0 Å². The standard InChI is InChI=1S/C10H18N2O/c1-2-10(11)12-8-5-3-7-4-6-9(8)13-7/h7-9H,2-6H2,1H3,(H2,11,12). The predicted molar refractivity (Wildman–Crippen MR) is 52.8 cm³/mol. The van der Waals surface area contributed by atoms with Gasteiger partial charge in [0.1, 0.15) is 0 Å².